The molecule has 104 valence electrons. The quantitative estimate of drug-likeness (QED) is 0.567. The number of aromatic nitrogens is 2. The molecule has 0 spiro atoms. The highest BCUT2D eigenvalue weighted by Gasteiger charge is 2.14. The van der Waals surface area contributed by atoms with E-state index in [4.69, 9.17) is 16.3 Å². The molecule has 0 fully saturated rings. The van der Waals surface area contributed by atoms with Gasteiger partial charge in [0.15, 0.2) is 0 Å². The van der Waals surface area contributed by atoms with Crippen LogP contribution < -0.4 is 0 Å². The van der Waals surface area contributed by atoms with Crippen LogP contribution in [0, 0.1) is 0 Å². The van der Waals surface area contributed by atoms with Crippen LogP contribution in [-0.2, 0) is 11.5 Å². The summed E-state index contributed by atoms with van der Waals surface area (Å²) >= 11 is 9.68. The molecular formula is C13H18BrClN2OSi. The molecule has 0 unspecified atom stereocenters. The Morgan fingerprint density at radius 1 is 1.37 bits per heavy atom. The number of ether oxygens (including phenoxy) is 1. The zero-order valence-electron chi connectivity index (χ0n) is 11.4. The van der Waals surface area contributed by atoms with Crippen LogP contribution in [0.25, 0.3) is 10.9 Å². The van der Waals surface area contributed by atoms with Crippen molar-refractivity contribution in [1.82, 2.24) is 9.78 Å². The fourth-order valence-electron chi connectivity index (χ4n) is 1.78. The lowest BCUT2D eigenvalue weighted by atomic mass is 10.2. The number of fused-ring (bicyclic) bond motifs is 1. The molecule has 2 rings (SSSR count). The lowest BCUT2D eigenvalue weighted by molar-refractivity contribution is 0.0815. The maximum Gasteiger partial charge on any atom is 0.140 e. The summed E-state index contributed by atoms with van der Waals surface area (Å²) in [6.07, 6.45) is 0. The lowest BCUT2D eigenvalue weighted by Crippen LogP contribution is -2.22. The molecule has 0 saturated carbocycles. The van der Waals surface area contributed by atoms with Crippen molar-refractivity contribution in [3.63, 3.8) is 0 Å². The molecule has 1 aromatic heterocycles. The third kappa shape index (κ3) is 3.81. The first kappa shape index (κ1) is 15.0. The Balaban J connectivity index is 2.09. The van der Waals surface area contributed by atoms with Gasteiger partial charge in [-0.05, 0) is 34.1 Å². The molecule has 19 heavy (non-hydrogen) atoms. The fraction of sp³-hybridized carbons (Fsp3) is 0.462. The highest BCUT2D eigenvalue weighted by molar-refractivity contribution is 9.10. The Morgan fingerprint density at radius 2 is 2.11 bits per heavy atom. The molecule has 0 aliphatic heterocycles. The molecule has 0 N–H and O–H groups in total. The van der Waals surface area contributed by atoms with Crippen molar-refractivity contribution < 1.29 is 4.74 Å². The number of halogens is 2. The van der Waals surface area contributed by atoms with Gasteiger partial charge in [-0.3, -0.25) is 0 Å². The van der Waals surface area contributed by atoms with Gasteiger partial charge < -0.3 is 4.74 Å². The van der Waals surface area contributed by atoms with E-state index >= 15 is 0 Å². The van der Waals surface area contributed by atoms with Crippen molar-refractivity contribution in [2.45, 2.75) is 32.4 Å². The molecule has 0 bridgehead atoms. The second kappa shape index (κ2) is 5.95. The van der Waals surface area contributed by atoms with Crippen LogP contribution in [0.15, 0.2) is 22.8 Å². The third-order valence-electron chi connectivity index (χ3n) is 2.89. The van der Waals surface area contributed by atoms with E-state index in [2.05, 4.69) is 40.7 Å². The molecule has 0 saturated heterocycles. The van der Waals surface area contributed by atoms with Crippen LogP contribution in [-0.4, -0.2) is 24.5 Å². The van der Waals surface area contributed by atoms with E-state index in [-0.39, 0.29) is 0 Å². The average molecular weight is 362 g/mol. The van der Waals surface area contributed by atoms with Gasteiger partial charge in [0.1, 0.15) is 11.3 Å². The van der Waals surface area contributed by atoms with Crippen molar-refractivity contribution >= 4 is 46.5 Å². The van der Waals surface area contributed by atoms with Crippen LogP contribution in [0.5, 0.6) is 0 Å². The van der Waals surface area contributed by atoms with Crippen molar-refractivity contribution in [1.29, 1.82) is 0 Å². The standard InChI is InChI=1S/C13H18BrClN2OSi/c1-19(2,3)8-7-18-9-17-12-10(13(14)16-17)5-4-6-11(12)15/h4-6H,7-9H2,1-3H3. The predicted octanol–water partition coefficient (Wildman–Crippen LogP) is 4.76. The number of rotatable bonds is 5. The number of hydrogen-bond acceptors (Lipinski definition) is 2. The Bertz CT molecular complexity index is 580. The minimum Gasteiger partial charge on any atom is -0.360 e. The monoisotopic (exact) mass is 360 g/mol. The largest absolute Gasteiger partial charge is 0.360 e. The molecule has 6 heteroatoms. The van der Waals surface area contributed by atoms with Gasteiger partial charge in [-0.15, -0.1) is 0 Å². The van der Waals surface area contributed by atoms with E-state index in [1.807, 2.05) is 22.9 Å². The lowest BCUT2D eigenvalue weighted by Gasteiger charge is -2.15. The molecule has 0 atom stereocenters. The number of para-hydroxylation sites is 1. The molecule has 0 radical (unpaired) electrons. The fourth-order valence-corrected chi connectivity index (χ4v) is 3.32. The molecule has 2 aromatic rings. The van der Waals surface area contributed by atoms with E-state index in [1.54, 1.807) is 0 Å². The first-order chi connectivity index (χ1) is 8.88. The second-order valence-corrected chi connectivity index (χ2v) is 12.6. The maximum atomic E-state index is 6.23. The topological polar surface area (TPSA) is 27.1 Å². The maximum absolute atomic E-state index is 6.23. The summed E-state index contributed by atoms with van der Waals surface area (Å²) in [4.78, 5) is 0. The summed E-state index contributed by atoms with van der Waals surface area (Å²) in [6.45, 7) is 8.24. The zero-order chi connectivity index (χ0) is 14.0. The van der Waals surface area contributed by atoms with Crippen LogP contribution in [0.4, 0.5) is 0 Å². The zero-order valence-corrected chi connectivity index (χ0v) is 14.8. The highest BCUT2D eigenvalue weighted by Crippen LogP contribution is 2.29. The van der Waals surface area contributed by atoms with Gasteiger partial charge in [0.2, 0.25) is 0 Å². The Kier molecular flexibility index (Phi) is 4.71. The van der Waals surface area contributed by atoms with Crippen LogP contribution in [0.3, 0.4) is 0 Å². The van der Waals surface area contributed by atoms with Crippen LogP contribution in [0.2, 0.25) is 30.7 Å². The van der Waals surface area contributed by atoms with Gasteiger partial charge in [0.25, 0.3) is 0 Å². The van der Waals surface area contributed by atoms with E-state index in [0.29, 0.717) is 11.8 Å². The average Bonchev–Trinajstić information content (AvgIpc) is 2.62. The number of nitrogens with zero attached hydrogens (tertiary/aromatic N) is 2. The molecule has 0 aliphatic carbocycles. The van der Waals surface area contributed by atoms with Crippen LogP contribution in [0.1, 0.15) is 0 Å². The summed E-state index contributed by atoms with van der Waals surface area (Å²) in [6, 6.07) is 6.95. The van der Waals surface area contributed by atoms with E-state index in [0.717, 1.165) is 28.2 Å². The van der Waals surface area contributed by atoms with Gasteiger partial charge in [-0.1, -0.05) is 37.3 Å². The molecular weight excluding hydrogens is 344 g/mol. The summed E-state index contributed by atoms with van der Waals surface area (Å²) in [7, 11) is -1.04. The van der Waals surface area contributed by atoms with Gasteiger partial charge in [0, 0.05) is 20.1 Å². The van der Waals surface area contributed by atoms with E-state index in [1.165, 1.54) is 0 Å². The van der Waals surface area contributed by atoms with Gasteiger partial charge >= 0.3 is 0 Å². The second-order valence-electron chi connectivity index (χ2n) is 5.77. The summed E-state index contributed by atoms with van der Waals surface area (Å²) < 4.78 is 8.34. The minimum absolute atomic E-state index is 0.441. The minimum atomic E-state index is -1.04. The van der Waals surface area contributed by atoms with Crippen molar-refractivity contribution in [2.75, 3.05) is 6.61 Å². The van der Waals surface area contributed by atoms with Crippen LogP contribution >= 0.6 is 27.5 Å². The van der Waals surface area contributed by atoms with Gasteiger partial charge in [-0.2, -0.15) is 5.10 Å². The van der Waals surface area contributed by atoms with Gasteiger partial charge in [0.05, 0.1) is 10.5 Å². The highest BCUT2D eigenvalue weighted by atomic mass is 79.9. The number of hydrogen-bond donors (Lipinski definition) is 0. The van der Waals surface area contributed by atoms with Crippen molar-refractivity contribution in [3.8, 4) is 0 Å². The summed E-state index contributed by atoms with van der Waals surface area (Å²) in [5.74, 6) is 0. The molecule has 0 aliphatic rings. The molecule has 0 amide bonds. The molecule has 3 nitrogen and oxygen atoms in total. The van der Waals surface area contributed by atoms with Crippen molar-refractivity contribution in [3.05, 3.63) is 27.8 Å². The summed E-state index contributed by atoms with van der Waals surface area (Å²) in [5, 5.41) is 6.13. The normalized spacial score (nSPS) is 12.3. The smallest absolute Gasteiger partial charge is 0.140 e. The molecule has 1 aromatic carbocycles. The Hall–Kier alpha value is -0.363. The van der Waals surface area contributed by atoms with E-state index in [9.17, 15) is 0 Å². The van der Waals surface area contributed by atoms with E-state index < -0.39 is 8.07 Å². The first-order valence-electron chi connectivity index (χ1n) is 6.27. The first-order valence-corrected chi connectivity index (χ1v) is 11.1. The predicted molar refractivity (Wildman–Crippen MR) is 86.5 cm³/mol. The number of benzene rings is 1. The Morgan fingerprint density at radius 3 is 2.79 bits per heavy atom. The van der Waals surface area contributed by atoms with Crippen molar-refractivity contribution in [2.24, 2.45) is 0 Å². The van der Waals surface area contributed by atoms with Gasteiger partial charge in [-0.25, -0.2) is 4.68 Å². The third-order valence-corrected chi connectivity index (χ3v) is 5.48. The molecule has 1 heterocycles. The Labute approximate surface area is 128 Å². The SMILES string of the molecule is C[Si](C)(C)CCOCn1nc(Br)c2cccc(Cl)c21. The summed E-state index contributed by atoms with van der Waals surface area (Å²) in [5.41, 5.74) is 0.920.